The zero-order chi connectivity index (χ0) is 24.2. The molecule has 4 aliphatic carbocycles. The topological polar surface area (TPSA) is 34.1 Å². The Balaban J connectivity index is 0.000000191. The second kappa shape index (κ2) is 15.5. The molecule has 4 fully saturated rings. The van der Waals surface area contributed by atoms with E-state index in [0.717, 1.165) is 61.2 Å². The summed E-state index contributed by atoms with van der Waals surface area (Å²) in [6, 6.07) is 0. The third-order valence-electron chi connectivity index (χ3n) is 10.2. The molecule has 0 amide bonds. The highest BCUT2D eigenvalue weighted by Crippen LogP contribution is 2.41. The van der Waals surface area contributed by atoms with E-state index in [1.807, 2.05) is 0 Å². The fraction of sp³-hybridized carbons (Fsp3) is 0.938. The molecule has 0 aliphatic heterocycles. The van der Waals surface area contributed by atoms with Gasteiger partial charge >= 0.3 is 0 Å². The number of ketones is 2. The molecule has 0 aromatic carbocycles. The van der Waals surface area contributed by atoms with E-state index < -0.39 is 0 Å². The first kappa shape index (κ1) is 27.9. The van der Waals surface area contributed by atoms with Crippen molar-refractivity contribution in [3.63, 3.8) is 0 Å². The second-order valence-electron chi connectivity index (χ2n) is 12.6. The van der Waals surface area contributed by atoms with Crippen LogP contribution in [-0.2, 0) is 9.59 Å². The van der Waals surface area contributed by atoms with Gasteiger partial charge in [0, 0.05) is 25.7 Å². The van der Waals surface area contributed by atoms with Crippen LogP contribution in [0.15, 0.2) is 0 Å². The van der Waals surface area contributed by atoms with E-state index in [2.05, 4.69) is 13.8 Å². The molecule has 0 aromatic heterocycles. The van der Waals surface area contributed by atoms with Gasteiger partial charge < -0.3 is 0 Å². The van der Waals surface area contributed by atoms with Crippen molar-refractivity contribution in [3.8, 4) is 0 Å². The van der Waals surface area contributed by atoms with Crippen LogP contribution in [0, 0.1) is 35.5 Å². The SMILES string of the molecule is CCCCC1CCC(C2CCC(=O)CC2)CC1.CCCCC1CCC(C2CCC(=O)CC2)CC1. The number of carbonyl (C=O) groups excluding carboxylic acids is 2. The minimum absolute atomic E-state index is 0.512. The summed E-state index contributed by atoms with van der Waals surface area (Å²) in [6.07, 6.45) is 28.4. The first-order valence-electron chi connectivity index (χ1n) is 15.6. The lowest BCUT2D eigenvalue weighted by Crippen LogP contribution is -2.25. The summed E-state index contributed by atoms with van der Waals surface area (Å²) in [7, 11) is 0. The van der Waals surface area contributed by atoms with Crippen LogP contribution < -0.4 is 0 Å². The van der Waals surface area contributed by atoms with Gasteiger partial charge in [0.05, 0.1) is 0 Å². The van der Waals surface area contributed by atoms with E-state index in [-0.39, 0.29) is 0 Å². The van der Waals surface area contributed by atoms with Gasteiger partial charge in [-0.25, -0.2) is 0 Å². The molecule has 2 nitrogen and oxygen atoms in total. The first-order chi connectivity index (χ1) is 16.6. The molecule has 0 aromatic rings. The lowest BCUT2D eigenvalue weighted by atomic mass is 9.70. The molecule has 0 N–H and O–H groups in total. The minimum atomic E-state index is 0.512. The fourth-order valence-corrected chi connectivity index (χ4v) is 7.75. The average Bonchev–Trinajstić information content (AvgIpc) is 2.88. The van der Waals surface area contributed by atoms with E-state index in [1.54, 1.807) is 0 Å². The van der Waals surface area contributed by atoms with Crippen LogP contribution in [0.5, 0.6) is 0 Å². The molecule has 4 aliphatic rings. The Labute approximate surface area is 211 Å². The van der Waals surface area contributed by atoms with Crippen molar-refractivity contribution in [2.45, 2.75) is 155 Å². The molecule has 4 saturated carbocycles. The van der Waals surface area contributed by atoms with Crippen molar-refractivity contribution >= 4 is 11.6 Å². The number of rotatable bonds is 8. The molecule has 4 rings (SSSR count). The van der Waals surface area contributed by atoms with Gasteiger partial charge in [-0.1, -0.05) is 78.1 Å². The van der Waals surface area contributed by atoms with Crippen LogP contribution in [-0.4, -0.2) is 11.6 Å². The second-order valence-corrected chi connectivity index (χ2v) is 12.6. The molecule has 0 spiro atoms. The summed E-state index contributed by atoms with van der Waals surface area (Å²) in [5.41, 5.74) is 0. The van der Waals surface area contributed by atoms with E-state index in [0.29, 0.717) is 11.6 Å². The molecular weight excluding hydrogens is 416 g/mol. The summed E-state index contributed by atoms with van der Waals surface area (Å²) in [4.78, 5) is 22.5. The van der Waals surface area contributed by atoms with E-state index in [9.17, 15) is 9.59 Å². The zero-order valence-electron chi connectivity index (χ0n) is 22.8. The Morgan fingerprint density at radius 3 is 1.06 bits per heavy atom. The van der Waals surface area contributed by atoms with Crippen LogP contribution >= 0.6 is 0 Å². The predicted octanol–water partition coefficient (Wildman–Crippen LogP) is 9.48. The summed E-state index contributed by atoms with van der Waals surface area (Å²) in [6.45, 7) is 4.59. The lowest BCUT2D eigenvalue weighted by molar-refractivity contribution is -0.122. The molecule has 0 bridgehead atoms. The normalized spacial score (nSPS) is 31.7. The van der Waals surface area contributed by atoms with Crippen LogP contribution in [0.1, 0.15) is 155 Å². The predicted molar refractivity (Wildman–Crippen MR) is 144 cm³/mol. The molecule has 2 heteroatoms. The Morgan fingerprint density at radius 2 is 0.765 bits per heavy atom. The lowest BCUT2D eigenvalue weighted by Gasteiger charge is -2.35. The van der Waals surface area contributed by atoms with Crippen molar-refractivity contribution in [2.24, 2.45) is 35.5 Å². The summed E-state index contributed by atoms with van der Waals surface area (Å²) in [5, 5.41) is 0. The molecule has 0 atom stereocenters. The van der Waals surface area contributed by atoms with Crippen LogP contribution in [0.25, 0.3) is 0 Å². The molecule has 0 saturated heterocycles. The smallest absolute Gasteiger partial charge is 0.132 e. The van der Waals surface area contributed by atoms with Gasteiger partial charge in [0.2, 0.25) is 0 Å². The molecule has 0 radical (unpaired) electrons. The molecule has 34 heavy (non-hydrogen) atoms. The largest absolute Gasteiger partial charge is 0.300 e. The Kier molecular flexibility index (Phi) is 12.7. The number of unbranched alkanes of at least 4 members (excludes halogenated alkanes) is 2. The fourth-order valence-electron chi connectivity index (χ4n) is 7.75. The van der Waals surface area contributed by atoms with E-state index >= 15 is 0 Å². The summed E-state index contributed by atoms with van der Waals surface area (Å²) < 4.78 is 0. The van der Waals surface area contributed by atoms with E-state index in [1.165, 1.54) is 116 Å². The van der Waals surface area contributed by atoms with Crippen molar-refractivity contribution in [1.82, 2.24) is 0 Å². The van der Waals surface area contributed by atoms with Crippen LogP contribution in [0.2, 0.25) is 0 Å². The maximum atomic E-state index is 11.3. The van der Waals surface area contributed by atoms with Gasteiger partial charge in [0.1, 0.15) is 11.6 Å². The van der Waals surface area contributed by atoms with Gasteiger partial charge in [-0.05, 0) is 86.9 Å². The van der Waals surface area contributed by atoms with Gasteiger partial charge in [-0.3, -0.25) is 9.59 Å². The molecule has 0 unspecified atom stereocenters. The average molecular weight is 473 g/mol. The highest BCUT2D eigenvalue weighted by molar-refractivity contribution is 5.79. The first-order valence-corrected chi connectivity index (χ1v) is 15.6. The van der Waals surface area contributed by atoms with Crippen LogP contribution in [0.4, 0.5) is 0 Å². The Bertz CT molecular complexity index is 508. The zero-order valence-corrected chi connectivity index (χ0v) is 22.8. The standard InChI is InChI=1S/2C16H28O/c2*1-2-3-4-13-5-7-14(8-6-13)15-9-11-16(17)12-10-15/h2*13-15H,2-12H2,1H3. The number of carbonyl (C=O) groups is 2. The highest BCUT2D eigenvalue weighted by Gasteiger charge is 2.31. The van der Waals surface area contributed by atoms with E-state index in [4.69, 9.17) is 0 Å². The van der Waals surface area contributed by atoms with Crippen molar-refractivity contribution in [3.05, 3.63) is 0 Å². The summed E-state index contributed by atoms with van der Waals surface area (Å²) in [5.74, 6) is 6.77. The third-order valence-corrected chi connectivity index (χ3v) is 10.2. The van der Waals surface area contributed by atoms with Crippen molar-refractivity contribution < 1.29 is 9.59 Å². The maximum Gasteiger partial charge on any atom is 0.132 e. The molecule has 0 heterocycles. The van der Waals surface area contributed by atoms with Crippen molar-refractivity contribution in [2.75, 3.05) is 0 Å². The van der Waals surface area contributed by atoms with Gasteiger partial charge in [-0.2, -0.15) is 0 Å². The van der Waals surface area contributed by atoms with Gasteiger partial charge in [0.25, 0.3) is 0 Å². The number of Topliss-reactive ketones (excluding diaryl/α,β-unsaturated/α-hetero) is 2. The van der Waals surface area contributed by atoms with Crippen LogP contribution in [0.3, 0.4) is 0 Å². The monoisotopic (exact) mass is 472 g/mol. The Morgan fingerprint density at radius 1 is 0.471 bits per heavy atom. The molecular formula is C32H56O2. The van der Waals surface area contributed by atoms with Crippen molar-refractivity contribution in [1.29, 1.82) is 0 Å². The van der Waals surface area contributed by atoms with Gasteiger partial charge in [-0.15, -0.1) is 0 Å². The highest BCUT2D eigenvalue weighted by atomic mass is 16.1. The maximum absolute atomic E-state index is 11.3. The van der Waals surface area contributed by atoms with Gasteiger partial charge in [0.15, 0.2) is 0 Å². The summed E-state index contributed by atoms with van der Waals surface area (Å²) >= 11 is 0. The third kappa shape index (κ3) is 9.42. The quantitative estimate of drug-likeness (QED) is 0.352. The Hall–Kier alpha value is -0.660. The minimum Gasteiger partial charge on any atom is -0.300 e. The number of hydrogen-bond donors (Lipinski definition) is 0. The number of hydrogen-bond acceptors (Lipinski definition) is 2. The molecule has 196 valence electrons.